The highest BCUT2D eigenvalue weighted by molar-refractivity contribution is 5.91. The lowest BCUT2D eigenvalue weighted by Crippen LogP contribution is -2.23. The topological polar surface area (TPSA) is 98.5 Å². The Morgan fingerprint density at radius 2 is 2.10 bits per heavy atom. The van der Waals surface area contributed by atoms with E-state index in [-0.39, 0.29) is 17.5 Å². The van der Waals surface area contributed by atoms with Crippen molar-refractivity contribution >= 4 is 22.4 Å². The molecule has 0 saturated heterocycles. The second-order valence-electron chi connectivity index (χ2n) is 8.18. The summed E-state index contributed by atoms with van der Waals surface area (Å²) in [4.78, 5) is 15.3. The molecule has 1 saturated carbocycles. The molecule has 31 heavy (non-hydrogen) atoms. The van der Waals surface area contributed by atoms with E-state index < -0.39 is 12.5 Å². The van der Waals surface area contributed by atoms with Gasteiger partial charge in [-0.05, 0) is 42.2 Å². The molecule has 7 nitrogen and oxygen atoms in total. The van der Waals surface area contributed by atoms with Crippen molar-refractivity contribution in [2.24, 2.45) is 5.92 Å². The van der Waals surface area contributed by atoms with Gasteiger partial charge in [0, 0.05) is 18.4 Å². The van der Waals surface area contributed by atoms with E-state index in [0.717, 1.165) is 31.2 Å². The van der Waals surface area contributed by atoms with Crippen LogP contribution in [-0.2, 0) is 6.54 Å². The van der Waals surface area contributed by atoms with Gasteiger partial charge >= 0.3 is 0 Å². The van der Waals surface area contributed by atoms with Gasteiger partial charge in [0.25, 0.3) is 12.0 Å². The van der Waals surface area contributed by atoms with Crippen LogP contribution in [0, 0.1) is 17.2 Å². The summed E-state index contributed by atoms with van der Waals surface area (Å²) in [7, 11) is 0. The van der Waals surface area contributed by atoms with Crippen LogP contribution in [0.15, 0.2) is 35.3 Å². The molecule has 2 aromatic heterocycles. The smallest absolute Gasteiger partial charge is 0.261 e. The van der Waals surface area contributed by atoms with Gasteiger partial charge in [0.1, 0.15) is 5.39 Å². The highest BCUT2D eigenvalue weighted by Crippen LogP contribution is 2.37. The number of anilines is 2. The van der Waals surface area contributed by atoms with Crippen LogP contribution in [0.3, 0.4) is 0 Å². The lowest BCUT2D eigenvalue weighted by Gasteiger charge is -2.27. The van der Waals surface area contributed by atoms with Crippen LogP contribution in [0.1, 0.15) is 48.9 Å². The molecule has 3 atom stereocenters. The number of nitriles is 1. The number of nitrogens with one attached hydrogen (secondary N) is 3. The van der Waals surface area contributed by atoms with E-state index >= 15 is 0 Å². The van der Waals surface area contributed by atoms with E-state index in [1.165, 1.54) is 0 Å². The zero-order chi connectivity index (χ0) is 21.5. The minimum atomic E-state index is -2.47. The van der Waals surface area contributed by atoms with Crippen molar-refractivity contribution in [3.05, 3.63) is 51.9 Å². The minimum absolute atomic E-state index is 0.0883. The lowest BCUT2D eigenvalue weighted by molar-refractivity contribution is 0.103. The van der Waals surface area contributed by atoms with E-state index in [4.69, 9.17) is 5.10 Å². The number of rotatable bonds is 4. The zero-order valence-electron chi connectivity index (χ0n) is 16.7. The van der Waals surface area contributed by atoms with Crippen LogP contribution in [0.5, 0.6) is 0 Å². The zero-order valence-corrected chi connectivity index (χ0v) is 16.7. The van der Waals surface area contributed by atoms with Crippen molar-refractivity contribution in [3.63, 3.8) is 0 Å². The van der Waals surface area contributed by atoms with Crippen molar-refractivity contribution in [2.75, 3.05) is 5.32 Å². The molecule has 9 heteroatoms. The summed E-state index contributed by atoms with van der Waals surface area (Å²) in [6.45, 7) is 0.363. The van der Waals surface area contributed by atoms with Crippen molar-refractivity contribution in [3.8, 4) is 6.07 Å². The molecular weight excluding hydrogens is 402 g/mol. The predicted octanol–water partition coefficient (Wildman–Crippen LogP) is 4.13. The summed E-state index contributed by atoms with van der Waals surface area (Å²) in [5, 5.41) is 20.8. The molecule has 3 heterocycles. The number of hydrogen-bond donors (Lipinski definition) is 3. The number of fused-ring (bicyclic) bond motifs is 2. The standard InChI is InChI=1S/C22H22F2N6O/c23-20(24)19-15-6-5-14(9-13(15)11-27-19)28-21-18-17(7-8-26-22(18)31)30(29-21)16-4-2-1-3-12(16)10-25/h5-9,12,16,19-20,27H,1-4,11H2,(H,26,31)(H,28,29)/t12-,16+,19?/m1/s1. The van der Waals surface area contributed by atoms with Gasteiger partial charge in [-0.2, -0.15) is 10.4 Å². The molecule has 1 unspecified atom stereocenters. The van der Waals surface area contributed by atoms with Crippen molar-refractivity contribution in [2.45, 2.75) is 50.7 Å². The Hall–Kier alpha value is -3.25. The van der Waals surface area contributed by atoms with Gasteiger partial charge in [0.05, 0.1) is 29.6 Å². The largest absolute Gasteiger partial charge is 0.338 e. The third-order valence-electron chi connectivity index (χ3n) is 6.34. The second kappa shape index (κ2) is 7.78. The third kappa shape index (κ3) is 3.37. The number of halogens is 2. The molecular formula is C22H22F2N6O. The van der Waals surface area contributed by atoms with Crippen molar-refractivity contribution in [1.82, 2.24) is 20.1 Å². The Kier molecular flexibility index (Phi) is 4.94. The summed E-state index contributed by atoms with van der Waals surface area (Å²) in [5.41, 5.74) is 2.47. The molecule has 160 valence electrons. The number of alkyl halides is 2. The summed E-state index contributed by atoms with van der Waals surface area (Å²) < 4.78 is 28.2. The third-order valence-corrected chi connectivity index (χ3v) is 6.34. The van der Waals surface area contributed by atoms with E-state index in [9.17, 15) is 18.8 Å². The van der Waals surface area contributed by atoms with E-state index in [1.54, 1.807) is 24.4 Å². The molecule has 3 N–H and O–H groups in total. The van der Waals surface area contributed by atoms with Gasteiger partial charge in [-0.25, -0.2) is 8.78 Å². The second-order valence-corrected chi connectivity index (χ2v) is 8.18. The lowest BCUT2D eigenvalue weighted by atomic mass is 9.85. The number of aromatic nitrogens is 3. The first-order valence-electron chi connectivity index (χ1n) is 10.5. The van der Waals surface area contributed by atoms with Crippen LogP contribution in [0.2, 0.25) is 0 Å². The summed E-state index contributed by atoms with van der Waals surface area (Å²) in [6, 6.07) is 8.37. The van der Waals surface area contributed by atoms with Crippen LogP contribution in [0.4, 0.5) is 20.3 Å². The van der Waals surface area contributed by atoms with Gasteiger partial charge < -0.3 is 15.6 Å². The molecule has 1 fully saturated rings. The average Bonchev–Trinajstić information content (AvgIpc) is 3.36. The molecule has 0 spiro atoms. The van der Waals surface area contributed by atoms with Crippen LogP contribution in [-0.4, -0.2) is 21.2 Å². The van der Waals surface area contributed by atoms with Crippen molar-refractivity contribution < 1.29 is 8.78 Å². The number of nitrogens with zero attached hydrogens (tertiary/aromatic N) is 3. The average molecular weight is 424 g/mol. The molecule has 5 rings (SSSR count). The maximum atomic E-state index is 13.2. The molecule has 3 aromatic rings. The minimum Gasteiger partial charge on any atom is -0.338 e. The first-order valence-corrected chi connectivity index (χ1v) is 10.5. The maximum Gasteiger partial charge on any atom is 0.261 e. The number of benzene rings is 1. The van der Waals surface area contributed by atoms with Gasteiger partial charge in [0.15, 0.2) is 5.82 Å². The Morgan fingerprint density at radius 3 is 2.90 bits per heavy atom. The number of hydrogen-bond acceptors (Lipinski definition) is 5. The SMILES string of the molecule is N#C[C@H]1CCCC[C@@H]1n1nc(Nc2ccc3c(c2)CNC3C(F)F)c2c(=O)[nH]ccc21. The first-order chi connectivity index (χ1) is 15.1. The molecule has 0 radical (unpaired) electrons. The first kappa shape index (κ1) is 19.7. The number of pyridine rings is 1. The fourth-order valence-electron chi connectivity index (χ4n) is 4.83. The van der Waals surface area contributed by atoms with Crippen LogP contribution in [0.25, 0.3) is 10.9 Å². The quantitative estimate of drug-likeness (QED) is 0.585. The summed E-state index contributed by atoms with van der Waals surface area (Å²) >= 11 is 0. The molecule has 2 aliphatic rings. The highest BCUT2D eigenvalue weighted by atomic mass is 19.3. The molecule has 0 amide bonds. The monoisotopic (exact) mass is 424 g/mol. The van der Waals surface area contributed by atoms with Gasteiger partial charge in [-0.3, -0.25) is 9.48 Å². The Bertz CT molecular complexity index is 1230. The van der Waals surface area contributed by atoms with E-state index in [1.807, 2.05) is 10.7 Å². The molecule has 0 bridgehead atoms. The number of aromatic amines is 1. The highest BCUT2D eigenvalue weighted by Gasteiger charge is 2.31. The Morgan fingerprint density at radius 1 is 1.26 bits per heavy atom. The molecule has 1 aliphatic carbocycles. The van der Waals surface area contributed by atoms with Gasteiger partial charge in [-0.1, -0.05) is 18.9 Å². The van der Waals surface area contributed by atoms with Gasteiger partial charge in [0.2, 0.25) is 0 Å². The fourth-order valence-corrected chi connectivity index (χ4v) is 4.83. The fraction of sp³-hybridized carbons (Fsp3) is 0.409. The predicted molar refractivity (Wildman–Crippen MR) is 112 cm³/mol. The van der Waals surface area contributed by atoms with Crippen LogP contribution < -0.4 is 16.2 Å². The van der Waals surface area contributed by atoms with Crippen molar-refractivity contribution in [1.29, 1.82) is 5.26 Å². The van der Waals surface area contributed by atoms with E-state index in [2.05, 4.69) is 21.7 Å². The van der Waals surface area contributed by atoms with E-state index in [0.29, 0.717) is 34.5 Å². The summed E-state index contributed by atoms with van der Waals surface area (Å²) in [5.74, 6) is 0.247. The van der Waals surface area contributed by atoms with Gasteiger partial charge in [-0.15, -0.1) is 0 Å². The Balaban J connectivity index is 1.54. The maximum absolute atomic E-state index is 13.2. The Labute approximate surface area is 177 Å². The molecule has 1 aromatic carbocycles. The van der Waals surface area contributed by atoms with Crippen LogP contribution >= 0.6 is 0 Å². The molecule has 1 aliphatic heterocycles. The summed E-state index contributed by atoms with van der Waals surface area (Å²) in [6.07, 6.45) is 2.80. The normalized spacial score (nSPS) is 23.1. The number of H-pyrrole nitrogens is 1.